The molecule has 0 radical (unpaired) electrons. The molecule has 156 valence electrons. The quantitative estimate of drug-likeness (QED) is 0.706. The van der Waals surface area contributed by atoms with Crippen molar-refractivity contribution in [2.24, 2.45) is 5.92 Å². The van der Waals surface area contributed by atoms with Crippen LogP contribution in [0.4, 0.5) is 4.39 Å². The number of fused-ring (bicyclic) bond motifs is 1. The molecular weight excluding hydrogens is 383 g/mol. The monoisotopic (exact) mass is 408 g/mol. The minimum absolute atomic E-state index is 0.0346. The van der Waals surface area contributed by atoms with E-state index in [2.05, 4.69) is 10.3 Å². The summed E-state index contributed by atoms with van der Waals surface area (Å²) in [5, 5.41) is 2.89. The molecule has 1 aliphatic heterocycles. The maximum Gasteiger partial charge on any atom is 0.228 e. The Hall–Kier alpha value is -3.22. The van der Waals surface area contributed by atoms with E-state index in [0.717, 1.165) is 16.9 Å². The van der Waals surface area contributed by atoms with Crippen LogP contribution in [0.3, 0.4) is 0 Å². The lowest BCUT2D eigenvalue weighted by Crippen LogP contribution is -2.43. The first kappa shape index (κ1) is 20.1. The molecule has 30 heavy (non-hydrogen) atoms. The summed E-state index contributed by atoms with van der Waals surface area (Å²) in [5.41, 5.74) is 2.90. The van der Waals surface area contributed by atoms with Gasteiger partial charge in [-0.2, -0.15) is 0 Å². The molecule has 3 heterocycles. The summed E-state index contributed by atoms with van der Waals surface area (Å²) in [7, 11) is 0. The third kappa shape index (κ3) is 4.50. The lowest BCUT2D eigenvalue weighted by Gasteiger charge is -2.31. The summed E-state index contributed by atoms with van der Waals surface area (Å²) in [5.74, 6) is -0.394. The van der Waals surface area contributed by atoms with Gasteiger partial charge in [-0.1, -0.05) is 18.2 Å². The van der Waals surface area contributed by atoms with E-state index in [4.69, 9.17) is 0 Å². The molecule has 3 aromatic rings. The van der Waals surface area contributed by atoms with Crippen LogP contribution in [-0.2, 0) is 22.6 Å². The van der Waals surface area contributed by atoms with Crippen molar-refractivity contribution in [1.29, 1.82) is 0 Å². The van der Waals surface area contributed by atoms with Gasteiger partial charge in [0.05, 0.1) is 12.1 Å². The highest BCUT2D eigenvalue weighted by Gasteiger charge is 2.27. The fraction of sp³-hybridized carbons (Fsp3) is 0.348. The number of likely N-dealkylation sites (tertiary alicyclic amines) is 1. The minimum Gasteiger partial charge on any atom is -0.352 e. The lowest BCUT2D eigenvalue weighted by atomic mass is 9.95. The Kier molecular flexibility index (Phi) is 5.79. The van der Waals surface area contributed by atoms with E-state index in [0.29, 0.717) is 38.0 Å². The first-order chi connectivity index (χ1) is 14.5. The fourth-order valence-electron chi connectivity index (χ4n) is 3.81. The normalized spacial score (nSPS) is 14.8. The second-order valence-electron chi connectivity index (χ2n) is 7.83. The van der Waals surface area contributed by atoms with Crippen LogP contribution in [0.5, 0.6) is 0 Å². The zero-order valence-electron chi connectivity index (χ0n) is 17.0. The Morgan fingerprint density at radius 3 is 2.73 bits per heavy atom. The maximum absolute atomic E-state index is 13.6. The average Bonchev–Trinajstić information content (AvgIpc) is 3.16. The number of halogens is 1. The number of rotatable bonds is 5. The van der Waals surface area contributed by atoms with Gasteiger partial charge < -0.3 is 14.6 Å². The van der Waals surface area contributed by atoms with Gasteiger partial charge in [-0.25, -0.2) is 9.37 Å². The summed E-state index contributed by atoms with van der Waals surface area (Å²) < 4.78 is 15.5. The molecule has 6 nitrogen and oxygen atoms in total. The summed E-state index contributed by atoms with van der Waals surface area (Å²) in [4.78, 5) is 31.4. The Bertz CT molecular complexity index is 1040. The highest BCUT2D eigenvalue weighted by Crippen LogP contribution is 2.19. The van der Waals surface area contributed by atoms with Crippen molar-refractivity contribution in [3.8, 4) is 0 Å². The van der Waals surface area contributed by atoms with Gasteiger partial charge in [0.25, 0.3) is 0 Å². The van der Waals surface area contributed by atoms with Crippen LogP contribution < -0.4 is 5.32 Å². The average molecular weight is 408 g/mol. The van der Waals surface area contributed by atoms with Gasteiger partial charge in [0.2, 0.25) is 11.8 Å². The van der Waals surface area contributed by atoms with Gasteiger partial charge in [-0.15, -0.1) is 0 Å². The van der Waals surface area contributed by atoms with Crippen molar-refractivity contribution in [3.63, 3.8) is 0 Å². The van der Waals surface area contributed by atoms with Crippen LogP contribution in [0.1, 0.15) is 29.7 Å². The number of hydrogen-bond donors (Lipinski definition) is 1. The number of nitrogens with zero attached hydrogens (tertiary/aromatic N) is 3. The molecular formula is C23H25FN4O2. The van der Waals surface area contributed by atoms with Gasteiger partial charge >= 0.3 is 0 Å². The number of aryl methyl sites for hydroxylation is 1. The van der Waals surface area contributed by atoms with Gasteiger partial charge in [-0.3, -0.25) is 9.59 Å². The highest BCUT2D eigenvalue weighted by molar-refractivity contribution is 5.81. The number of imidazole rings is 1. The molecule has 2 aromatic heterocycles. The van der Waals surface area contributed by atoms with Crippen molar-refractivity contribution in [1.82, 2.24) is 19.6 Å². The summed E-state index contributed by atoms with van der Waals surface area (Å²) in [6.07, 6.45) is 5.31. The Morgan fingerprint density at radius 2 is 2.00 bits per heavy atom. The molecule has 1 N–H and O–H groups in total. The third-order valence-corrected chi connectivity index (χ3v) is 5.67. The van der Waals surface area contributed by atoms with Gasteiger partial charge in [0.15, 0.2) is 0 Å². The van der Waals surface area contributed by atoms with E-state index >= 15 is 0 Å². The van der Waals surface area contributed by atoms with Gasteiger partial charge in [0.1, 0.15) is 11.5 Å². The molecule has 1 fully saturated rings. The number of nitrogens with one attached hydrogen (secondary N) is 1. The lowest BCUT2D eigenvalue weighted by molar-refractivity contribution is -0.135. The van der Waals surface area contributed by atoms with E-state index in [9.17, 15) is 14.0 Å². The molecule has 0 bridgehead atoms. The van der Waals surface area contributed by atoms with Crippen molar-refractivity contribution >= 4 is 17.5 Å². The highest BCUT2D eigenvalue weighted by atomic mass is 19.1. The molecule has 0 spiro atoms. The SMILES string of the molecule is Cc1ccc(CNC(=O)C2CCN(C(=O)Cc3cn4ccccc4n3)CC2)cc1F. The van der Waals surface area contributed by atoms with E-state index in [-0.39, 0.29) is 30.0 Å². The molecule has 7 heteroatoms. The van der Waals surface area contributed by atoms with Crippen molar-refractivity contribution in [2.45, 2.75) is 32.7 Å². The third-order valence-electron chi connectivity index (χ3n) is 5.67. The summed E-state index contributed by atoms with van der Waals surface area (Å²) in [6.45, 7) is 3.14. The maximum atomic E-state index is 13.6. The Balaban J connectivity index is 1.25. The molecule has 0 unspecified atom stereocenters. The molecule has 1 aromatic carbocycles. The van der Waals surface area contributed by atoms with Crippen LogP contribution in [0.15, 0.2) is 48.8 Å². The first-order valence-electron chi connectivity index (χ1n) is 10.2. The molecule has 0 aliphatic carbocycles. The predicted octanol–water partition coefficient (Wildman–Crippen LogP) is 2.88. The van der Waals surface area contributed by atoms with E-state index < -0.39 is 0 Å². The first-order valence-corrected chi connectivity index (χ1v) is 10.2. The van der Waals surface area contributed by atoms with Gasteiger partial charge in [0, 0.05) is 37.9 Å². The minimum atomic E-state index is -0.265. The summed E-state index contributed by atoms with van der Waals surface area (Å²) >= 11 is 0. The Labute approximate surface area is 174 Å². The zero-order valence-corrected chi connectivity index (χ0v) is 17.0. The number of carbonyl (C=O) groups excluding carboxylic acids is 2. The fourth-order valence-corrected chi connectivity index (χ4v) is 3.81. The second kappa shape index (κ2) is 8.65. The number of hydrogen-bond acceptors (Lipinski definition) is 3. The number of pyridine rings is 1. The molecule has 0 saturated carbocycles. The number of benzene rings is 1. The predicted molar refractivity (Wildman–Crippen MR) is 111 cm³/mol. The molecule has 0 atom stereocenters. The van der Waals surface area contributed by atoms with E-state index in [1.807, 2.05) is 46.0 Å². The summed E-state index contributed by atoms with van der Waals surface area (Å²) in [6, 6.07) is 10.7. The second-order valence-corrected chi connectivity index (χ2v) is 7.83. The van der Waals surface area contributed by atoms with Crippen molar-refractivity contribution in [2.75, 3.05) is 13.1 Å². The van der Waals surface area contributed by atoms with E-state index in [1.165, 1.54) is 6.07 Å². The van der Waals surface area contributed by atoms with E-state index in [1.54, 1.807) is 13.0 Å². The van der Waals surface area contributed by atoms with Crippen LogP contribution in [0.2, 0.25) is 0 Å². The number of aromatic nitrogens is 2. The van der Waals surface area contributed by atoms with Crippen molar-refractivity contribution in [3.05, 3.63) is 71.4 Å². The van der Waals surface area contributed by atoms with Gasteiger partial charge in [-0.05, 0) is 49.1 Å². The number of amides is 2. The number of piperidine rings is 1. The molecule has 1 saturated heterocycles. The largest absolute Gasteiger partial charge is 0.352 e. The smallest absolute Gasteiger partial charge is 0.228 e. The molecule has 2 amide bonds. The molecule has 4 rings (SSSR count). The topological polar surface area (TPSA) is 66.7 Å². The zero-order chi connectivity index (χ0) is 21.1. The standard InChI is InChI=1S/C23H25FN4O2/c1-16-5-6-17(12-20(16)24)14-25-23(30)18-7-10-27(11-8-18)22(29)13-19-15-28-9-3-2-4-21(28)26-19/h2-6,9,12,15,18H,7-8,10-11,13-14H2,1H3,(H,25,30). The van der Waals surface area contributed by atoms with Crippen LogP contribution in [0, 0.1) is 18.7 Å². The van der Waals surface area contributed by atoms with Crippen molar-refractivity contribution < 1.29 is 14.0 Å². The Morgan fingerprint density at radius 1 is 1.20 bits per heavy atom. The van der Waals surface area contributed by atoms with Crippen LogP contribution >= 0.6 is 0 Å². The number of carbonyl (C=O) groups is 2. The van der Waals surface area contributed by atoms with Crippen LogP contribution in [-0.4, -0.2) is 39.2 Å². The van der Waals surface area contributed by atoms with Crippen LogP contribution in [0.25, 0.3) is 5.65 Å². The molecule has 1 aliphatic rings.